The van der Waals surface area contributed by atoms with E-state index < -0.39 is 10.0 Å². The number of rotatable bonds is 5. The van der Waals surface area contributed by atoms with Crippen molar-refractivity contribution in [3.63, 3.8) is 0 Å². The van der Waals surface area contributed by atoms with Crippen molar-refractivity contribution in [2.45, 2.75) is 45.6 Å². The Kier molecular flexibility index (Phi) is 6.47. The standard InChI is InChI=1S/C19H31N3O3S/c1-15-6-8-17(9-7-15)26(24,25)22-12-10-21(11-13-22)14-18(23)20-16(2)19(3,4)5/h6-9,16H,10-14H2,1-5H3,(H,20,23). The molecular formula is C19H31N3O3S. The molecule has 2 rings (SSSR count). The average molecular weight is 382 g/mol. The number of nitrogens with one attached hydrogen (secondary N) is 1. The lowest BCUT2D eigenvalue weighted by Gasteiger charge is -2.34. The van der Waals surface area contributed by atoms with Crippen molar-refractivity contribution in [2.24, 2.45) is 5.41 Å². The van der Waals surface area contributed by atoms with Crippen LogP contribution in [-0.2, 0) is 14.8 Å². The number of aryl methyl sites for hydroxylation is 1. The van der Waals surface area contributed by atoms with Gasteiger partial charge in [-0.15, -0.1) is 0 Å². The fourth-order valence-corrected chi connectivity index (χ4v) is 4.12. The Balaban J connectivity index is 1.89. The SMILES string of the molecule is Cc1ccc(S(=O)(=O)N2CCN(CC(=O)NC(C)C(C)(C)C)CC2)cc1. The first-order valence-electron chi connectivity index (χ1n) is 9.08. The fourth-order valence-electron chi connectivity index (χ4n) is 2.69. The van der Waals surface area contributed by atoms with Gasteiger partial charge in [0.1, 0.15) is 0 Å². The van der Waals surface area contributed by atoms with E-state index in [1.54, 1.807) is 12.1 Å². The molecule has 1 amide bonds. The van der Waals surface area contributed by atoms with Gasteiger partial charge < -0.3 is 5.32 Å². The minimum atomic E-state index is -3.46. The molecule has 0 saturated carbocycles. The van der Waals surface area contributed by atoms with Gasteiger partial charge in [-0.3, -0.25) is 9.69 Å². The molecule has 7 heteroatoms. The number of benzene rings is 1. The first-order chi connectivity index (χ1) is 12.0. The second-order valence-corrected chi connectivity index (χ2v) is 10.1. The first kappa shape index (κ1) is 20.9. The lowest BCUT2D eigenvalue weighted by atomic mass is 9.88. The molecule has 6 nitrogen and oxygen atoms in total. The molecule has 0 radical (unpaired) electrons. The highest BCUT2D eigenvalue weighted by molar-refractivity contribution is 7.89. The van der Waals surface area contributed by atoms with Gasteiger partial charge in [-0.1, -0.05) is 38.5 Å². The van der Waals surface area contributed by atoms with Crippen LogP contribution in [0, 0.1) is 12.3 Å². The van der Waals surface area contributed by atoms with Gasteiger partial charge in [0.05, 0.1) is 11.4 Å². The van der Waals surface area contributed by atoms with Crippen molar-refractivity contribution in [2.75, 3.05) is 32.7 Å². The Morgan fingerprint density at radius 1 is 1.12 bits per heavy atom. The number of carbonyl (C=O) groups is 1. The van der Waals surface area contributed by atoms with E-state index in [-0.39, 0.29) is 17.4 Å². The Labute approximate surface area is 157 Å². The number of sulfonamides is 1. The minimum Gasteiger partial charge on any atom is -0.352 e. The molecule has 1 fully saturated rings. The molecule has 26 heavy (non-hydrogen) atoms. The van der Waals surface area contributed by atoms with E-state index in [2.05, 4.69) is 26.1 Å². The number of amides is 1. The average Bonchev–Trinajstić information content (AvgIpc) is 2.54. The highest BCUT2D eigenvalue weighted by atomic mass is 32.2. The highest BCUT2D eigenvalue weighted by Crippen LogP contribution is 2.19. The largest absolute Gasteiger partial charge is 0.352 e. The van der Waals surface area contributed by atoms with E-state index in [4.69, 9.17) is 0 Å². The van der Waals surface area contributed by atoms with Gasteiger partial charge in [0.15, 0.2) is 0 Å². The van der Waals surface area contributed by atoms with Crippen LogP contribution in [-0.4, -0.2) is 62.3 Å². The molecule has 146 valence electrons. The molecule has 0 bridgehead atoms. The number of piperazine rings is 1. The smallest absolute Gasteiger partial charge is 0.243 e. The zero-order chi connectivity index (χ0) is 19.5. The van der Waals surface area contributed by atoms with Crippen LogP contribution in [0.5, 0.6) is 0 Å². The predicted octanol–water partition coefficient (Wildman–Crippen LogP) is 1.85. The molecule has 1 heterocycles. The predicted molar refractivity (Wildman–Crippen MR) is 103 cm³/mol. The molecule has 0 spiro atoms. The molecule has 1 aliphatic heterocycles. The van der Waals surface area contributed by atoms with Crippen LogP contribution >= 0.6 is 0 Å². The third kappa shape index (κ3) is 5.28. The third-order valence-electron chi connectivity index (χ3n) is 5.03. The van der Waals surface area contributed by atoms with E-state index in [1.165, 1.54) is 4.31 Å². The van der Waals surface area contributed by atoms with E-state index >= 15 is 0 Å². The molecule has 1 saturated heterocycles. The minimum absolute atomic E-state index is 0.0104. The molecule has 0 aliphatic carbocycles. The van der Waals surface area contributed by atoms with Gasteiger partial charge in [0.2, 0.25) is 15.9 Å². The van der Waals surface area contributed by atoms with Gasteiger partial charge in [0.25, 0.3) is 0 Å². The van der Waals surface area contributed by atoms with E-state index in [0.29, 0.717) is 37.6 Å². The van der Waals surface area contributed by atoms with Crippen molar-refractivity contribution in [1.29, 1.82) is 0 Å². The summed E-state index contributed by atoms with van der Waals surface area (Å²) >= 11 is 0. The van der Waals surface area contributed by atoms with Crippen molar-refractivity contribution < 1.29 is 13.2 Å². The van der Waals surface area contributed by atoms with E-state index in [0.717, 1.165) is 5.56 Å². The maximum Gasteiger partial charge on any atom is 0.243 e. The Hall–Kier alpha value is -1.44. The Morgan fingerprint density at radius 3 is 2.15 bits per heavy atom. The van der Waals surface area contributed by atoms with Crippen LogP contribution in [0.3, 0.4) is 0 Å². The van der Waals surface area contributed by atoms with Gasteiger partial charge in [-0.05, 0) is 31.4 Å². The Bertz CT molecular complexity index is 715. The quantitative estimate of drug-likeness (QED) is 0.845. The maximum absolute atomic E-state index is 12.7. The topological polar surface area (TPSA) is 69.7 Å². The fraction of sp³-hybridized carbons (Fsp3) is 0.632. The van der Waals surface area contributed by atoms with E-state index in [9.17, 15) is 13.2 Å². The van der Waals surface area contributed by atoms with Crippen molar-refractivity contribution >= 4 is 15.9 Å². The normalized spacial score (nSPS) is 18.5. The monoisotopic (exact) mass is 381 g/mol. The summed E-state index contributed by atoms with van der Waals surface area (Å²) in [6.45, 7) is 12.4. The van der Waals surface area contributed by atoms with Gasteiger partial charge in [-0.2, -0.15) is 4.31 Å². The third-order valence-corrected chi connectivity index (χ3v) is 6.95. The molecule has 0 aromatic heterocycles. The molecule has 1 aromatic rings. The van der Waals surface area contributed by atoms with Crippen LogP contribution in [0.15, 0.2) is 29.2 Å². The number of hydrogen-bond donors (Lipinski definition) is 1. The maximum atomic E-state index is 12.7. The van der Waals surface area contributed by atoms with Gasteiger partial charge in [-0.25, -0.2) is 8.42 Å². The second-order valence-electron chi connectivity index (χ2n) is 8.15. The van der Waals surface area contributed by atoms with Crippen molar-refractivity contribution in [3.05, 3.63) is 29.8 Å². The lowest BCUT2D eigenvalue weighted by molar-refractivity contribution is -0.123. The highest BCUT2D eigenvalue weighted by Gasteiger charge is 2.29. The Morgan fingerprint density at radius 2 is 1.65 bits per heavy atom. The summed E-state index contributed by atoms with van der Waals surface area (Å²) in [6.07, 6.45) is 0. The molecule has 1 unspecified atom stereocenters. The van der Waals surface area contributed by atoms with Crippen LogP contribution in [0.25, 0.3) is 0 Å². The number of hydrogen-bond acceptors (Lipinski definition) is 4. The summed E-state index contributed by atoms with van der Waals surface area (Å²) in [4.78, 5) is 14.5. The van der Waals surface area contributed by atoms with Crippen LogP contribution in [0.4, 0.5) is 0 Å². The van der Waals surface area contributed by atoms with Crippen LogP contribution < -0.4 is 5.32 Å². The summed E-state index contributed by atoms with van der Waals surface area (Å²) in [7, 11) is -3.46. The molecule has 1 aromatic carbocycles. The zero-order valence-corrected chi connectivity index (χ0v) is 17.3. The van der Waals surface area contributed by atoms with Gasteiger partial charge in [0, 0.05) is 32.2 Å². The summed E-state index contributed by atoms with van der Waals surface area (Å²) in [5, 5.41) is 3.03. The summed E-state index contributed by atoms with van der Waals surface area (Å²) in [5.74, 6) is -0.0118. The second kappa shape index (κ2) is 8.06. The summed E-state index contributed by atoms with van der Waals surface area (Å²) < 4.78 is 26.9. The first-order valence-corrected chi connectivity index (χ1v) is 10.5. The molecule has 1 aliphatic rings. The molecular weight excluding hydrogens is 350 g/mol. The summed E-state index contributed by atoms with van der Waals surface area (Å²) in [5.41, 5.74) is 1.04. The zero-order valence-electron chi connectivity index (χ0n) is 16.4. The molecule has 1 atom stereocenters. The van der Waals surface area contributed by atoms with Crippen LogP contribution in [0.1, 0.15) is 33.3 Å². The summed E-state index contributed by atoms with van der Waals surface area (Å²) in [6, 6.07) is 7.00. The number of carbonyl (C=O) groups excluding carboxylic acids is 1. The number of nitrogens with zero attached hydrogens (tertiary/aromatic N) is 2. The van der Waals surface area contributed by atoms with Gasteiger partial charge >= 0.3 is 0 Å². The van der Waals surface area contributed by atoms with Crippen molar-refractivity contribution in [3.8, 4) is 0 Å². The van der Waals surface area contributed by atoms with Crippen LogP contribution in [0.2, 0.25) is 0 Å². The van der Waals surface area contributed by atoms with Crippen molar-refractivity contribution in [1.82, 2.24) is 14.5 Å². The molecule has 1 N–H and O–H groups in total. The van der Waals surface area contributed by atoms with E-state index in [1.807, 2.05) is 30.9 Å². The lowest BCUT2D eigenvalue weighted by Crippen LogP contribution is -2.52.